The molecule has 2 heterocycles. The Labute approximate surface area is 156 Å². The van der Waals surface area contributed by atoms with E-state index in [-0.39, 0.29) is 5.75 Å². The van der Waals surface area contributed by atoms with Gasteiger partial charge in [0.05, 0.1) is 11.1 Å². The minimum Gasteiger partial charge on any atom is -0.506 e. The van der Waals surface area contributed by atoms with Gasteiger partial charge < -0.3 is 10.4 Å². The van der Waals surface area contributed by atoms with E-state index in [0.29, 0.717) is 11.5 Å². The molecule has 2 aromatic carbocycles. The van der Waals surface area contributed by atoms with Crippen molar-refractivity contribution in [3.8, 4) is 16.9 Å². The molecule has 0 atom stereocenters. The molecule has 26 heavy (non-hydrogen) atoms. The second-order valence-corrected chi connectivity index (χ2v) is 7.65. The van der Waals surface area contributed by atoms with Gasteiger partial charge in [0.25, 0.3) is 0 Å². The van der Waals surface area contributed by atoms with E-state index >= 15 is 0 Å². The number of hydrogen-bond acceptors (Lipinski definition) is 5. The van der Waals surface area contributed by atoms with Crippen LogP contribution in [0.5, 0.6) is 5.75 Å². The van der Waals surface area contributed by atoms with Crippen LogP contribution in [0, 0.1) is 20.8 Å². The number of aromatic hydroxyl groups is 1. The molecule has 130 valence electrons. The fourth-order valence-corrected chi connectivity index (χ4v) is 4.09. The largest absolute Gasteiger partial charge is 0.506 e. The van der Waals surface area contributed by atoms with Crippen LogP contribution in [0.15, 0.2) is 48.8 Å². The van der Waals surface area contributed by atoms with E-state index in [1.165, 1.54) is 10.4 Å². The molecule has 5 heteroatoms. The fourth-order valence-electron chi connectivity index (χ4n) is 3.08. The number of hydrogen-bond donors (Lipinski definition) is 2. The van der Waals surface area contributed by atoms with Gasteiger partial charge in [-0.25, -0.2) is 9.97 Å². The van der Waals surface area contributed by atoms with Crippen LogP contribution in [0.2, 0.25) is 0 Å². The number of phenols is 1. The zero-order valence-electron chi connectivity index (χ0n) is 14.9. The summed E-state index contributed by atoms with van der Waals surface area (Å²) >= 11 is 1.66. The van der Waals surface area contributed by atoms with Crippen molar-refractivity contribution >= 4 is 33.1 Å². The maximum Gasteiger partial charge on any atom is 0.143 e. The first-order valence-electron chi connectivity index (χ1n) is 8.40. The van der Waals surface area contributed by atoms with Gasteiger partial charge in [0.15, 0.2) is 0 Å². The average molecular weight is 361 g/mol. The van der Waals surface area contributed by atoms with Crippen LogP contribution in [0.25, 0.3) is 21.3 Å². The van der Waals surface area contributed by atoms with E-state index in [9.17, 15) is 5.11 Å². The first-order valence-corrected chi connectivity index (χ1v) is 9.22. The van der Waals surface area contributed by atoms with Crippen molar-refractivity contribution in [1.82, 2.24) is 9.97 Å². The van der Waals surface area contributed by atoms with Gasteiger partial charge in [0.2, 0.25) is 0 Å². The molecule has 4 nitrogen and oxygen atoms in total. The molecular formula is C21H19N3OS. The second kappa shape index (κ2) is 6.42. The van der Waals surface area contributed by atoms with E-state index in [1.807, 2.05) is 19.1 Å². The molecule has 0 bridgehead atoms. The Hall–Kier alpha value is -2.92. The molecule has 0 unspecified atom stereocenters. The van der Waals surface area contributed by atoms with Gasteiger partial charge in [-0.1, -0.05) is 35.9 Å². The number of anilines is 2. The highest BCUT2D eigenvalue weighted by atomic mass is 32.1. The Morgan fingerprint density at radius 2 is 1.65 bits per heavy atom. The van der Waals surface area contributed by atoms with Crippen LogP contribution in [0.4, 0.5) is 11.5 Å². The number of aromatic nitrogens is 2. The molecule has 4 aromatic rings. The third kappa shape index (κ3) is 2.91. The Kier molecular flexibility index (Phi) is 4.09. The molecule has 0 aliphatic carbocycles. The minimum atomic E-state index is 0.209. The van der Waals surface area contributed by atoms with Gasteiger partial charge in [0.1, 0.15) is 22.7 Å². The van der Waals surface area contributed by atoms with Gasteiger partial charge in [0, 0.05) is 10.4 Å². The molecule has 0 aliphatic rings. The highest BCUT2D eigenvalue weighted by Crippen LogP contribution is 2.41. The van der Waals surface area contributed by atoms with Gasteiger partial charge >= 0.3 is 0 Å². The summed E-state index contributed by atoms with van der Waals surface area (Å²) < 4.78 is 0. The van der Waals surface area contributed by atoms with E-state index in [1.54, 1.807) is 23.7 Å². The van der Waals surface area contributed by atoms with Crippen molar-refractivity contribution in [1.29, 1.82) is 0 Å². The van der Waals surface area contributed by atoms with Crippen LogP contribution in [-0.4, -0.2) is 15.1 Å². The van der Waals surface area contributed by atoms with Crippen LogP contribution >= 0.6 is 11.3 Å². The smallest absolute Gasteiger partial charge is 0.143 e. The number of rotatable bonds is 3. The predicted molar refractivity (Wildman–Crippen MR) is 108 cm³/mol. The van der Waals surface area contributed by atoms with Crippen molar-refractivity contribution in [3.05, 3.63) is 64.8 Å². The maximum atomic E-state index is 10.2. The van der Waals surface area contributed by atoms with Crippen molar-refractivity contribution in [2.24, 2.45) is 0 Å². The number of nitrogens with zero attached hydrogens (tertiary/aromatic N) is 2. The summed E-state index contributed by atoms with van der Waals surface area (Å²) in [6, 6.07) is 14.0. The lowest BCUT2D eigenvalue weighted by atomic mass is 10.0. The topological polar surface area (TPSA) is 58.0 Å². The highest BCUT2D eigenvalue weighted by molar-refractivity contribution is 7.19. The fraction of sp³-hybridized carbons (Fsp3) is 0.143. The number of nitrogens with one attached hydrogen (secondary N) is 1. The van der Waals surface area contributed by atoms with Crippen LogP contribution < -0.4 is 5.32 Å². The molecule has 0 saturated heterocycles. The molecular weight excluding hydrogens is 342 g/mol. The highest BCUT2D eigenvalue weighted by Gasteiger charge is 2.17. The zero-order chi connectivity index (χ0) is 18.3. The average Bonchev–Trinajstić information content (AvgIpc) is 2.95. The Bertz CT molecular complexity index is 1100. The molecule has 0 amide bonds. The molecule has 0 radical (unpaired) electrons. The first kappa shape index (κ1) is 16.5. The van der Waals surface area contributed by atoms with Crippen LogP contribution in [0.3, 0.4) is 0 Å². The lowest BCUT2D eigenvalue weighted by Gasteiger charge is -2.11. The molecule has 4 rings (SSSR count). The number of benzene rings is 2. The first-order chi connectivity index (χ1) is 12.5. The SMILES string of the molecule is Cc1ccc(-c2c(C)sc3ncnc(Nc4ccc(C)cc4O)c23)cc1. The quantitative estimate of drug-likeness (QED) is 0.457. The Balaban J connectivity index is 1.89. The van der Waals surface area contributed by atoms with Crippen molar-refractivity contribution in [2.45, 2.75) is 20.8 Å². The van der Waals surface area contributed by atoms with Crippen molar-refractivity contribution in [2.75, 3.05) is 5.32 Å². The summed E-state index contributed by atoms with van der Waals surface area (Å²) in [5.41, 5.74) is 5.15. The minimum absolute atomic E-state index is 0.209. The number of fused-ring (bicyclic) bond motifs is 1. The third-order valence-electron chi connectivity index (χ3n) is 4.41. The van der Waals surface area contributed by atoms with Gasteiger partial charge in [-0.3, -0.25) is 0 Å². The van der Waals surface area contributed by atoms with E-state index in [2.05, 4.69) is 53.4 Å². The van der Waals surface area contributed by atoms with Gasteiger partial charge in [-0.2, -0.15) is 0 Å². The monoisotopic (exact) mass is 361 g/mol. The summed E-state index contributed by atoms with van der Waals surface area (Å²) in [6.07, 6.45) is 1.56. The van der Waals surface area contributed by atoms with Crippen molar-refractivity contribution < 1.29 is 5.11 Å². The molecule has 2 N–H and O–H groups in total. The van der Waals surface area contributed by atoms with E-state index < -0.39 is 0 Å². The van der Waals surface area contributed by atoms with E-state index in [4.69, 9.17) is 0 Å². The zero-order valence-corrected chi connectivity index (χ0v) is 15.7. The van der Waals surface area contributed by atoms with Crippen molar-refractivity contribution in [3.63, 3.8) is 0 Å². The molecule has 0 spiro atoms. The third-order valence-corrected chi connectivity index (χ3v) is 5.42. The Morgan fingerprint density at radius 3 is 2.38 bits per heavy atom. The van der Waals surface area contributed by atoms with Gasteiger partial charge in [-0.15, -0.1) is 11.3 Å². The molecule has 0 fully saturated rings. The number of thiophene rings is 1. The summed E-state index contributed by atoms with van der Waals surface area (Å²) in [4.78, 5) is 11.0. The standard InChI is InChI=1S/C21H19N3OS/c1-12-4-7-15(8-5-12)18-14(3)26-21-19(18)20(22-11-23-21)24-16-9-6-13(2)10-17(16)25/h4-11,25H,1-3H3,(H,22,23,24). The van der Waals surface area contributed by atoms with Crippen LogP contribution in [-0.2, 0) is 0 Å². The number of aryl methyl sites for hydroxylation is 3. The summed E-state index contributed by atoms with van der Waals surface area (Å²) in [5.74, 6) is 0.912. The van der Waals surface area contributed by atoms with Gasteiger partial charge in [-0.05, 0) is 44.0 Å². The summed E-state index contributed by atoms with van der Waals surface area (Å²) in [5, 5.41) is 14.5. The summed E-state index contributed by atoms with van der Waals surface area (Å²) in [7, 11) is 0. The normalized spacial score (nSPS) is 11.0. The summed E-state index contributed by atoms with van der Waals surface area (Å²) in [6.45, 7) is 6.14. The Morgan fingerprint density at radius 1 is 0.923 bits per heavy atom. The van der Waals surface area contributed by atoms with E-state index in [0.717, 1.165) is 26.9 Å². The molecule has 0 aliphatic heterocycles. The predicted octanol–water partition coefficient (Wildman–Crippen LogP) is 5.73. The molecule has 2 aromatic heterocycles. The maximum absolute atomic E-state index is 10.2. The second-order valence-electron chi connectivity index (χ2n) is 6.45. The van der Waals surface area contributed by atoms with Crippen LogP contribution in [0.1, 0.15) is 16.0 Å². The lowest BCUT2D eigenvalue weighted by Crippen LogP contribution is -1.96. The lowest BCUT2D eigenvalue weighted by molar-refractivity contribution is 0.477. The molecule has 0 saturated carbocycles. The number of phenolic OH excluding ortho intramolecular Hbond substituents is 1.